The lowest BCUT2D eigenvalue weighted by molar-refractivity contribution is -0.134. The Morgan fingerprint density at radius 2 is 1.88 bits per heavy atom. The van der Waals surface area contributed by atoms with Gasteiger partial charge in [0.25, 0.3) is 5.91 Å². The minimum absolute atomic E-state index is 0.0161. The van der Waals surface area contributed by atoms with Crippen LogP contribution in [0.4, 0.5) is 0 Å². The molecule has 2 amide bonds. The molecule has 2 aromatic carbocycles. The van der Waals surface area contributed by atoms with Gasteiger partial charge in [0, 0.05) is 38.0 Å². The van der Waals surface area contributed by atoms with Crippen molar-refractivity contribution in [2.75, 3.05) is 26.7 Å². The fraction of sp³-hybridized carbons (Fsp3) is 0.481. The molecule has 0 unspecified atom stereocenters. The van der Waals surface area contributed by atoms with Crippen LogP contribution in [0.25, 0.3) is 0 Å². The highest BCUT2D eigenvalue weighted by Gasteiger charge is 2.51. The number of hydrogen-bond acceptors (Lipinski definition) is 4. The van der Waals surface area contributed by atoms with Crippen LogP contribution in [0.1, 0.15) is 49.0 Å². The number of ether oxygens (including phenoxy) is 1. The van der Waals surface area contributed by atoms with E-state index in [0.717, 1.165) is 31.4 Å². The Morgan fingerprint density at radius 3 is 2.55 bits per heavy atom. The highest BCUT2D eigenvalue weighted by atomic mass is 16.5. The van der Waals surface area contributed by atoms with Gasteiger partial charge in [0.2, 0.25) is 5.91 Å². The summed E-state index contributed by atoms with van der Waals surface area (Å²) >= 11 is 0. The van der Waals surface area contributed by atoms with Gasteiger partial charge in [-0.25, -0.2) is 0 Å². The van der Waals surface area contributed by atoms with Crippen LogP contribution in [-0.4, -0.2) is 60.1 Å². The molecule has 0 aromatic heterocycles. The summed E-state index contributed by atoms with van der Waals surface area (Å²) in [4.78, 5) is 30.6. The maximum absolute atomic E-state index is 13.5. The van der Waals surface area contributed by atoms with E-state index in [9.17, 15) is 9.59 Å². The normalized spacial score (nSPS) is 20.8. The van der Waals surface area contributed by atoms with Gasteiger partial charge in [-0.1, -0.05) is 56.7 Å². The van der Waals surface area contributed by atoms with Gasteiger partial charge in [0.15, 0.2) is 0 Å². The fourth-order valence-corrected chi connectivity index (χ4v) is 4.99. The van der Waals surface area contributed by atoms with E-state index in [0.29, 0.717) is 36.7 Å². The third-order valence-corrected chi connectivity index (χ3v) is 7.19. The second kappa shape index (κ2) is 9.96. The molecule has 4 rings (SSSR count). The van der Waals surface area contributed by atoms with Crippen molar-refractivity contribution in [3.05, 3.63) is 65.7 Å². The first-order chi connectivity index (χ1) is 16.0. The lowest BCUT2D eigenvalue weighted by Gasteiger charge is -2.45. The van der Waals surface area contributed by atoms with Crippen LogP contribution in [-0.2, 0) is 11.2 Å². The van der Waals surface area contributed by atoms with Crippen LogP contribution < -0.4 is 10.1 Å². The molecule has 2 aromatic rings. The molecule has 0 aliphatic carbocycles. The number of nitrogens with zero attached hydrogens (tertiary/aromatic N) is 2. The number of piperidine rings is 1. The number of rotatable bonds is 7. The number of benzene rings is 2. The Bertz CT molecular complexity index is 970. The van der Waals surface area contributed by atoms with Crippen LogP contribution in [0.2, 0.25) is 0 Å². The van der Waals surface area contributed by atoms with Crippen molar-refractivity contribution in [3.8, 4) is 5.75 Å². The van der Waals surface area contributed by atoms with E-state index in [2.05, 4.69) is 36.2 Å². The van der Waals surface area contributed by atoms with E-state index in [1.807, 2.05) is 41.3 Å². The molecule has 33 heavy (non-hydrogen) atoms. The van der Waals surface area contributed by atoms with Crippen LogP contribution >= 0.6 is 0 Å². The average Bonchev–Trinajstić information content (AvgIpc) is 3.09. The average molecular weight is 450 g/mol. The van der Waals surface area contributed by atoms with Gasteiger partial charge in [-0.3, -0.25) is 14.9 Å². The smallest absolute Gasteiger partial charge is 0.253 e. The zero-order valence-electron chi connectivity index (χ0n) is 19.9. The molecule has 6 heteroatoms. The Labute approximate surface area is 196 Å². The summed E-state index contributed by atoms with van der Waals surface area (Å²) < 4.78 is 5.28. The number of carbonyl (C=O) groups excluding carboxylic acids is 2. The SMILES string of the molecule is CC[C@H](C)CN1C(=O)[C@H](Cc2ccccc2)NC12CCN(C(=O)c1cccc(OC)c1)CC2. The van der Waals surface area contributed by atoms with Gasteiger partial charge in [0.05, 0.1) is 18.8 Å². The van der Waals surface area contributed by atoms with E-state index in [-0.39, 0.29) is 23.5 Å². The Balaban J connectivity index is 1.50. The molecule has 2 aliphatic heterocycles. The Hall–Kier alpha value is -2.86. The molecule has 2 aliphatic rings. The third-order valence-electron chi connectivity index (χ3n) is 7.19. The molecule has 0 bridgehead atoms. The molecule has 2 heterocycles. The fourth-order valence-electron chi connectivity index (χ4n) is 4.99. The first-order valence-electron chi connectivity index (χ1n) is 12.0. The standard InChI is InChI=1S/C27H35N3O3/c1-4-20(2)19-30-26(32)24(17-21-9-6-5-7-10-21)28-27(30)13-15-29(16-14-27)25(31)22-11-8-12-23(18-22)33-3/h5-12,18,20,24,28H,4,13-17,19H2,1-3H3/t20-,24-/m0/s1. The number of nitrogens with one attached hydrogen (secondary N) is 1. The van der Waals surface area contributed by atoms with Crippen molar-refractivity contribution < 1.29 is 14.3 Å². The molecule has 2 fully saturated rings. The molecule has 2 saturated heterocycles. The second-order valence-corrected chi connectivity index (χ2v) is 9.40. The van der Waals surface area contributed by atoms with Gasteiger partial charge in [0.1, 0.15) is 5.75 Å². The minimum Gasteiger partial charge on any atom is -0.497 e. The van der Waals surface area contributed by atoms with E-state index in [4.69, 9.17) is 4.74 Å². The highest BCUT2D eigenvalue weighted by molar-refractivity contribution is 5.94. The van der Waals surface area contributed by atoms with Crippen LogP contribution in [0.3, 0.4) is 0 Å². The first-order valence-corrected chi connectivity index (χ1v) is 12.0. The maximum atomic E-state index is 13.5. The van der Waals surface area contributed by atoms with E-state index >= 15 is 0 Å². The van der Waals surface area contributed by atoms with Gasteiger partial charge in [-0.2, -0.15) is 0 Å². The van der Waals surface area contributed by atoms with Crippen LogP contribution in [0, 0.1) is 5.92 Å². The molecule has 1 spiro atoms. The van der Waals surface area contributed by atoms with Crippen molar-refractivity contribution >= 4 is 11.8 Å². The van der Waals surface area contributed by atoms with Crippen molar-refractivity contribution in [3.63, 3.8) is 0 Å². The zero-order chi connectivity index (χ0) is 23.4. The number of hydrogen-bond donors (Lipinski definition) is 1. The number of likely N-dealkylation sites (tertiary alicyclic amines) is 1. The molecule has 6 nitrogen and oxygen atoms in total. The third kappa shape index (κ3) is 4.91. The highest BCUT2D eigenvalue weighted by Crippen LogP contribution is 2.35. The van der Waals surface area contributed by atoms with Crippen molar-refractivity contribution in [2.45, 2.75) is 51.2 Å². The molecule has 2 atom stereocenters. The summed E-state index contributed by atoms with van der Waals surface area (Å²) in [5, 5.41) is 3.72. The van der Waals surface area contributed by atoms with Crippen molar-refractivity contribution in [1.82, 2.24) is 15.1 Å². The van der Waals surface area contributed by atoms with Gasteiger partial charge in [-0.15, -0.1) is 0 Å². The van der Waals surface area contributed by atoms with Crippen molar-refractivity contribution in [2.24, 2.45) is 5.92 Å². The molecule has 0 saturated carbocycles. The summed E-state index contributed by atoms with van der Waals surface area (Å²) in [5.41, 5.74) is 1.42. The van der Waals surface area contributed by atoms with E-state index in [1.165, 1.54) is 0 Å². The van der Waals surface area contributed by atoms with Crippen molar-refractivity contribution in [1.29, 1.82) is 0 Å². The predicted octanol–water partition coefficient (Wildman–Crippen LogP) is 3.72. The van der Waals surface area contributed by atoms with Gasteiger partial charge in [-0.05, 0) is 36.1 Å². The molecule has 1 N–H and O–H groups in total. The maximum Gasteiger partial charge on any atom is 0.253 e. The molecule has 176 valence electrons. The summed E-state index contributed by atoms with van der Waals surface area (Å²) in [5.74, 6) is 1.31. The summed E-state index contributed by atoms with van der Waals surface area (Å²) in [6, 6.07) is 17.3. The topological polar surface area (TPSA) is 61.9 Å². The molecular weight excluding hydrogens is 414 g/mol. The minimum atomic E-state index is -0.384. The number of carbonyl (C=O) groups is 2. The lowest BCUT2D eigenvalue weighted by Crippen LogP contribution is -2.60. The van der Waals surface area contributed by atoms with E-state index < -0.39 is 0 Å². The Morgan fingerprint density at radius 1 is 1.15 bits per heavy atom. The van der Waals surface area contributed by atoms with E-state index in [1.54, 1.807) is 13.2 Å². The largest absolute Gasteiger partial charge is 0.497 e. The van der Waals surface area contributed by atoms with Crippen LogP contribution in [0.15, 0.2) is 54.6 Å². The quantitative estimate of drug-likeness (QED) is 0.700. The van der Waals surface area contributed by atoms with Gasteiger partial charge < -0.3 is 14.5 Å². The Kier molecular flexibility index (Phi) is 7.03. The number of amides is 2. The zero-order valence-corrected chi connectivity index (χ0v) is 19.9. The molecular formula is C27H35N3O3. The second-order valence-electron chi connectivity index (χ2n) is 9.40. The van der Waals surface area contributed by atoms with Crippen LogP contribution in [0.5, 0.6) is 5.75 Å². The lowest BCUT2D eigenvalue weighted by atomic mass is 9.94. The summed E-state index contributed by atoms with van der Waals surface area (Å²) in [7, 11) is 1.61. The monoisotopic (exact) mass is 449 g/mol. The van der Waals surface area contributed by atoms with Gasteiger partial charge >= 0.3 is 0 Å². The molecule has 0 radical (unpaired) electrons. The summed E-state index contributed by atoms with van der Waals surface area (Å²) in [6.45, 7) is 6.35. The summed E-state index contributed by atoms with van der Waals surface area (Å²) in [6.07, 6.45) is 3.18. The first kappa shape index (κ1) is 23.3. The number of methoxy groups -OCH3 is 1. The predicted molar refractivity (Wildman–Crippen MR) is 129 cm³/mol.